The maximum Gasteiger partial charge on any atom is 0.350 e. The number of halogens is 2. The molecule has 1 amide bonds. The lowest BCUT2D eigenvalue weighted by Gasteiger charge is -2.28. The van der Waals surface area contributed by atoms with E-state index in [1.165, 1.54) is 28.2 Å². The Bertz CT molecular complexity index is 1680. The monoisotopic (exact) mass is 531 g/mol. The number of aryl methyl sites for hydroxylation is 1. The first-order chi connectivity index (χ1) is 18.7. The first-order valence-corrected chi connectivity index (χ1v) is 11.9. The van der Waals surface area contributed by atoms with Gasteiger partial charge in [0, 0.05) is 22.9 Å². The number of nitrogens with one attached hydrogen (secondary N) is 1. The predicted octanol–water partition coefficient (Wildman–Crippen LogP) is 3.05. The summed E-state index contributed by atoms with van der Waals surface area (Å²) in [6.45, 7) is 1.17. The van der Waals surface area contributed by atoms with Crippen molar-refractivity contribution >= 4 is 11.6 Å². The number of carbonyl (C=O) groups excluding carboxylic acids is 1. The van der Waals surface area contributed by atoms with Crippen LogP contribution in [0.25, 0.3) is 5.69 Å². The SMILES string of the molecule is Cc1cccc(C(=O)Nc2ccc(-n3cnn(C[C@@](O)(Cn4cncn4)c4ccc(F)cc4F)c3=O)cc2)c1. The van der Waals surface area contributed by atoms with E-state index in [-0.39, 0.29) is 18.0 Å². The summed E-state index contributed by atoms with van der Waals surface area (Å²) >= 11 is 0. The van der Waals surface area contributed by atoms with Gasteiger partial charge in [-0.05, 0) is 49.4 Å². The van der Waals surface area contributed by atoms with Crippen LogP contribution in [0, 0.1) is 18.6 Å². The Balaban J connectivity index is 1.39. The summed E-state index contributed by atoms with van der Waals surface area (Å²) in [7, 11) is 0. The summed E-state index contributed by atoms with van der Waals surface area (Å²) in [5, 5.41) is 22.4. The van der Waals surface area contributed by atoms with Gasteiger partial charge in [-0.2, -0.15) is 10.2 Å². The Morgan fingerprint density at radius 2 is 1.79 bits per heavy atom. The zero-order valence-corrected chi connectivity index (χ0v) is 20.7. The fourth-order valence-corrected chi connectivity index (χ4v) is 4.23. The fourth-order valence-electron chi connectivity index (χ4n) is 4.23. The smallest absolute Gasteiger partial charge is 0.350 e. The third-order valence-corrected chi connectivity index (χ3v) is 6.15. The van der Waals surface area contributed by atoms with Crippen molar-refractivity contribution in [1.82, 2.24) is 29.1 Å². The molecule has 0 unspecified atom stereocenters. The highest BCUT2D eigenvalue weighted by atomic mass is 19.1. The third kappa shape index (κ3) is 5.50. The number of aliphatic hydroxyl groups is 1. The summed E-state index contributed by atoms with van der Waals surface area (Å²) in [5.74, 6) is -2.05. The van der Waals surface area contributed by atoms with Gasteiger partial charge in [-0.1, -0.05) is 23.8 Å². The normalized spacial score (nSPS) is 12.7. The number of rotatable bonds is 8. The largest absolute Gasteiger partial charge is 0.381 e. The van der Waals surface area contributed by atoms with Gasteiger partial charge in [-0.3, -0.25) is 4.79 Å². The molecule has 0 aliphatic rings. The number of nitrogens with zero attached hydrogens (tertiary/aromatic N) is 6. The van der Waals surface area contributed by atoms with Gasteiger partial charge in [0.2, 0.25) is 0 Å². The molecule has 12 heteroatoms. The molecule has 0 radical (unpaired) electrons. The van der Waals surface area contributed by atoms with E-state index in [2.05, 4.69) is 20.5 Å². The number of anilines is 1. The van der Waals surface area contributed by atoms with Crippen molar-refractivity contribution in [3.63, 3.8) is 0 Å². The second-order valence-electron chi connectivity index (χ2n) is 9.06. The Labute approximate surface area is 220 Å². The summed E-state index contributed by atoms with van der Waals surface area (Å²) in [4.78, 5) is 29.5. The molecule has 1 atom stereocenters. The van der Waals surface area contributed by atoms with Crippen LogP contribution in [0.1, 0.15) is 21.5 Å². The van der Waals surface area contributed by atoms with Crippen molar-refractivity contribution in [1.29, 1.82) is 0 Å². The van der Waals surface area contributed by atoms with Crippen LogP contribution in [0.15, 0.2) is 90.5 Å². The summed E-state index contributed by atoms with van der Waals surface area (Å²) < 4.78 is 31.8. The van der Waals surface area contributed by atoms with Gasteiger partial charge >= 0.3 is 5.69 Å². The average Bonchev–Trinajstić information content (AvgIpc) is 3.54. The van der Waals surface area contributed by atoms with Crippen LogP contribution < -0.4 is 11.0 Å². The van der Waals surface area contributed by atoms with Gasteiger partial charge in [-0.15, -0.1) is 0 Å². The van der Waals surface area contributed by atoms with Gasteiger partial charge in [-0.25, -0.2) is 32.5 Å². The topological polar surface area (TPSA) is 120 Å². The molecule has 0 saturated carbocycles. The average molecular weight is 532 g/mol. The van der Waals surface area contributed by atoms with Gasteiger partial charge in [0.25, 0.3) is 5.91 Å². The van der Waals surface area contributed by atoms with E-state index < -0.39 is 29.5 Å². The maximum absolute atomic E-state index is 14.7. The Morgan fingerprint density at radius 3 is 2.49 bits per heavy atom. The van der Waals surface area contributed by atoms with Gasteiger partial charge in [0.1, 0.15) is 36.2 Å². The molecule has 0 bridgehead atoms. The van der Waals surface area contributed by atoms with E-state index in [1.54, 1.807) is 42.5 Å². The summed E-state index contributed by atoms with van der Waals surface area (Å²) in [6.07, 6.45) is 3.84. The molecule has 2 aromatic heterocycles. The van der Waals surface area contributed by atoms with Crippen LogP contribution in [-0.4, -0.2) is 40.1 Å². The van der Waals surface area contributed by atoms with Crippen molar-refractivity contribution < 1.29 is 18.7 Å². The molecular formula is C27H23F2N7O3. The Morgan fingerprint density at radius 1 is 1.00 bits per heavy atom. The van der Waals surface area contributed by atoms with Crippen molar-refractivity contribution in [2.45, 2.75) is 25.6 Å². The van der Waals surface area contributed by atoms with Crippen molar-refractivity contribution in [2.75, 3.05) is 5.32 Å². The molecule has 0 aliphatic carbocycles. The Hall–Kier alpha value is -4.97. The number of hydrogen-bond acceptors (Lipinski definition) is 6. The number of benzene rings is 3. The quantitative estimate of drug-likeness (QED) is 0.318. The second-order valence-corrected chi connectivity index (χ2v) is 9.06. The van der Waals surface area contributed by atoms with E-state index in [4.69, 9.17) is 0 Å². The molecule has 0 fully saturated rings. The van der Waals surface area contributed by atoms with E-state index in [9.17, 15) is 23.5 Å². The van der Waals surface area contributed by atoms with Gasteiger partial charge < -0.3 is 10.4 Å². The molecule has 0 spiro atoms. The second kappa shape index (κ2) is 10.4. The van der Waals surface area contributed by atoms with Gasteiger partial charge in [0.15, 0.2) is 0 Å². The highest BCUT2D eigenvalue weighted by Crippen LogP contribution is 2.28. The fraction of sp³-hybridized carbons (Fsp3) is 0.148. The molecule has 3 aromatic carbocycles. The molecular weight excluding hydrogens is 508 g/mol. The molecule has 198 valence electrons. The van der Waals surface area contributed by atoms with Crippen LogP contribution >= 0.6 is 0 Å². The summed E-state index contributed by atoms with van der Waals surface area (Å²) in [6, 6.07) is 16.5. The van der Waals surface area contributed by atoms with E-state index in [1.807, 2.05) is 13.0 Å². The molecule has 39 heavy (non-hydrogen) atoms. The van der Waals surface area contributed by atoms with Crippen LogP contribution in [0.5, 0.6) is 0 Å². The van der Waals surface area contributed by atoms with Gasteiger partial charge in [0.05, 0.1) is 18.8 Å². The van der Waals surface area contributed by atoms with Crippen LogP contribution in [0.3, 0.4) is 0 Å². The zero-order chi connectivity index (χ0) is 27.6. The van der Waals surface area contributed by atoms with E-state index in [0.717, 1.165) is 22.4 Å². The lowest BCUT2D eigenvalue weighted by molar-refractivity contribution is -0.00948. The van der Waals surface area contributed by atoms with E-state index >= 15 is 0 Å². The van der Waals surface area contributed by atoms with Crippen molar-refractivity contribution in [3.05, 3.63) is 125 Å². The third-order valence-electron chi connectivity index (χ3n) is 6.15. The number of amides is 1. The maximum atomic E-state index is 14.7. The van der Waals surface area contributed by atoms with Crippen LogP contribution in [0.4, 0.5) is 14.5 Å². The standard InChI is InChI=1S/C27H23F2N7O3/c1-18-3-2-4-19(11-18)25(37)33-21-6-8-22(9-7-21)35-17-32-36(26(35)38)14-27(39,13-34-16-30-15-31-34)23-10-5-20(28)12-24(23)29/h2-12,15-17,39H,13-14H2,1H3,(H,33,37)/t27-/m0/s1. The highest BCUT2D eigenvalue weighted by Gasteiger charge is 2.35. The molecule has 10 nitrogen and oxygen atoms in total. The number of hydrogen-bond donors (Lipinski definition) is 2. The van der Waals surface area contributed by atoms with Crippen molar-refractivity contribution in [3.8, 4) is 5.69 Å². The van der Waals surface area contributed by atoms with Crippen molar-refractivity contribution in [2.24, 2.45) is 0 Å². The minimum atomic E-state index is -2.02. The first kappa shape index (κ1) is 25.7. The number of aromatic nitrogens is 6. The number of carbonyl (C=O) groups is 1. The minimum Gasteiger partial charge on any atom is -0.381 e. The molecule has 2 N–H and O–H groups in total. The lowest BCUT2D eigenvalue weighted by atomic mass is 9.93. The minimum absolute atomic E-state index is 0.227. The molecule has 0 aliphatic heterocycles. The Kier molecular flexibility index (Phi) is 6.86. The molecule has 5 aromatic rings. The summed E-state index contributed by atoms with van der Waals surface area (Å²) in [5.41, 5.74) is -0.386. The highest BCUT2D eigenvalue weighted by molar-refractivity contribution is 6.04. The van der Waals surface area contributed by atoms with E-state index in [0.29, 0.717) is 23.0 Å². The predicted molar refractivity (Wildman–Crippen MR) is 137 cm³/mol. The molecule has 5 rings (SSSR count). The lowest BCUT2D eigenvalue weighted by Crippen LogP contribution is -2.41. The van der Waals surface area contributed by atoms with Crippen LogP contribution in [-0.2, 0) is 18.7 Å². The molecule has 2 heterocycles. The zero-order valence-electron chi connectivity index (χ0n) is 20.7. The molecule has 0 saturated heterocycles. The van der Waals surface area contributed by atoms with Crippen LogP contribution in [0.2, 0.25) is 0 Å². The first-order valence-electron chi connectivity index (χ1n) is 11.9.